The number of rotatable bonds is 5. The van der Waals surface area contributed by atoms with Gasteiger partial charge in [0.15, 0.2) is 6.61 Å². The van der Waals surface area contributed by atoms with Gasteiger partial charge >= 0.3 is 5.97 Å². The average molecular weight is 376 g/mol. The van der Waals surface area contributed by atoms with Crippen molar-refractivity contribution in [1.82, 2.24) is 0 Å². The van der Waals surface area contributed by atoms with E-state index < -0.39 is 18.4 Å². The maximum atomic E-state index is 12.4. The van der Waals surface area contributed by atoms with Gasteiger partial charge in [-0.1, -0.05) is 54.2 Å². The van der Waals surface area contributed by atoms with Crippen molar-refractivity contribution in [2.24, 2.45) is 0 Å². The van der Waals surface area contributed by atoms with Crippen LogP contribution >= 0.6 is 11.8 Å². The largest absolute Gasteiger partial charge is 0.454 e. The summed E-state index contributed by atoms with van der Waals surface area (Å²) < 4.78 is 4.99. The van der Waals surface area contributed by atoms with E-state index in [1.165, 1.54) is 17.8 Å². The molecule has 0 aliphatic carbocycles. The van der Waals surface area contributed by atoms with Crippen LogP contribution in [0.3, 0.4) is 0 Å². The Hall–Kier alpha value is -3.30. The smallest absolute Gasteiger partial charge is 0.331 e. The second kappa shape index (κ2) is 8.39. The van der Waals surface area contributed by atoms with Crippen LogP contribution in [0.2, 0.25) is 0 Å². The highest BCUT2D eigenvalue weighted by Crippen LogP contribution is 2.46. The molecule has 2 aromatic rings. The predicted octanol–water partition coefficient (Wildman–Crippen LogP) is 3.79. The minimum atomic E-state index is -0.634. The summed E-state index contributed by atoms with van der Waals surface area (Å²) in [4.78, 5) is 27.0. The number of thioether (sulfide) groups is 1. The van der Waals surface area contributed by atoms with Gasteiger partial charge in [0.05, 0.1) is 5.69 Å². The first-order valence-electron chi connectivity index (χ1n) is 8.18. The van der Waals surface area contributed by atoms with Crippen molar-refractivity contribution in [3.8, 4) is 6.07 Å². The van der Waals surface area contributed by atoms with Crippen LogP contribution in [-0.4, -0.2) is 25.4 Å². The Labute approximate surface area is 161 Å². The number of para-hydroxylation sites is 1. The number of ether oxygens (including phenoxy) is 1. The normalized spacial score (nSPS) is 14.6. The number of carbonyl (C=O) groups excluding carboxylic acids is 2. The number of Topliss-reactive ketones (excluding diaryl/α,β-unsaturated/α-hetero) is 1. The van der Waals surface area contributed by atoms with Gasteiger partial charge < -0.3 is 9.64 Å². The molecule has 3 rings (SSSR count). The Morgan fingerprint density at radius 1 is 1.15 bits per heavy atom. The topological polar surface area (TPSA) is 70.4 Å². The average Bonchev–Trinajstić information content (AvgIpc) is 3.03. The molecule has 5 nitrogen and oxygen atoms in total. The Bertz CT molecular complexity index is 974. The van der Waals surface area contributed by atoms with Gasteiger partial charge in [0.1, 0.15) is 16.7 Å². The minimum absolute atomic E-state index is 0.0152. The highest BCUT2D eigenvalue weighted by molar-refractivity contribution is 8.03. The van der Waals surface area contributed by atoms with E-state index in [0.717, 1.165) is 16.1 Å². The standard InChI is InChI=1S/C21H16N2O3S/c1-23-17-9-5-6-10-19(17)27-21(23)16(13-22)18(24)14-26-20(25)12-11-15-7-3-2-4-8-15/h2-12H,14H2,1H3/b12-11+,21-16-. The molecule has 6 heteroatoms. The molecule has 0 saturated carbocycles. The minimum Gasteiger partial charge on any atom is -0.454 e. The molecule has 134 valence electrons. The lowest BCUT2D eigenvalue weighted by Crippen LogP contribution is -2.19. The van der Waals surface area contributed by atoms with Crippen LogP contribution < -0.4 is 4.90 Å². The molecule has 0 bridgehead atoms. The van der Waals surface area contributed by atoms with Gasteiger partial charge in [0, 0.05) is 18.0 Å². The lowest BCUT2D eigenvalue weighted by Gasteiger charge is -2.14. The number of carbonyl (C=O) groups is 2. The van der Waals surface area contributed by atoms with E-state index in [0.29, 0.717) is 5.03 Å². The fraction of sp³-hybridized carbons (Fsp3) is 0.0952. The number of fused-ring (bicyclic) bond motifs is 1. The van der Waals surface area contributed by atoms with Gasteiger partial charge in [-0.3, -0.25) is 4.79 Å². The number of nitriles is 1. The number of hydrogen-bond donors (Lipinski definition) is 0. The number of hydrogen-bond acceptors (Lipinski definition) is 6. The fourth-order valence-corrected chi connectivity index (χ4v) is 3.70. The van der Waals surface area contributed by atoms with E-state index in [9.17, 15) is 14.9 Å². The molecule has 1 aliphatic rings. The second-order valence-corrected chi connectivity index (χ2v) is 6.73. The van der Waals surface area contributed by atoms with Crippen LogP contribution in [0.4, 0.5) is 5.69 Å². The maximum Gasteiger partial charge on any atom is 0.331 e. The fourth-order valence-electron chi connectivity index (χ4n) is 2.54. The van der Waals surface area contributed by atoms with Gasteiger partial charge in [-0.2, -0.15) is 5.26 Å². The lowest BCUT2D eigenvalue weighted by atomic mass is 10.2. The Morgan fingerprint density at radius 2 is 1.85 bits per heavy atom. The summed E-state index contributed by atoms with van der Waals surface area (Å²) in [5.41, 5.74) is 1.77. The van der Waals surface area contributed by atoms with E-state index in [2.05, 4.69) is 0 Å². The molecule has 0 N–H and O–H groups in total. The molecule has 0 spiro atoms. The van der Waals surface area contributed by atoms with Crippen molar-refractivity contribution in [1.29, 1.82) is 5.26 Å². The van der Waals surface area contributed by atoms with Crippen LogP contribution in [-0.2, 0) is 14.3 Å². The third-order valence-electron chi connectivity index (χ3n) is 3.90. The first-order valence-corrected chi connectivity index (χ1v) is 9.00. The van der Waals surface area contributed by atoms with Gasteiger partial charge in [0.2, 0.25) is 5.78 Å². The molecule has 0 amide bonds. The molecule has 1 aliphatic heterocycles. The summed E-state index contributed by atoms with van der Waals surface area (Å²) in [5.74, 6) is -1.16. The van der Waals surface area contributed by atoms with Crippen molar-refractivity contribution in [2.45, 2.75) is 4.90 Å². The third kappa shape index (κ3) is 4.27. The number of ketones is 1. The number of esters is 1. The summed E-state index contributed by atoms with van der Waals surface area (Å²) in [6.07, 6.45) is 2.86. The Balaban J connectivity index is 1.66. The van der Waals surface area contributed by atoms with Crippen molar-refractivity contribution in [3.05, 3.63) is 76.8 Å². The summed E-state index contributed by atoms with van der Waals surface area (Å²) in [7, 11) is 1.80. The maximum absolute atomic E-state index is 12.4. The van der Waals surface area contributed by atoms with Crippen molar-refractivity contribution < 1.29 is 14.3 Å². The molecule has 0 fully saturated rings. The molecule has 0 aromatic heterocycles. The highest BCUT2D eigenvalue weighted by Gasteiger charge is 2.28. The molecule has 0 unspecified atom stereocenters. The molecular formula is C21H16N2O3S. The van der Waals surface area contributed by atoms with Gasteiger partial charge in [-0.15, -0.1) is 0 Å². The monoisotopic (exact) mass is 376 g/mol. The zero-order valence-corrected chi connectivity index (χ0v) is 15.4. The molecule has 0 radical (unpaired) electrons. The van der Waals surface area contributed by atoms with Gasteiger partial charge in [0.25, 0.3) is 0 Å². The van der Waals surface area contributed by atoms with Crippen LogP contribution in [0.5, 0.6) is 0 Å². The van der Waals surface area contributed by atoms with E-state index in [1.54, 1.807) is 18.0 Å². The Kier molecular flexibility index (Phi) is 5.74. The highest BCUT2D eigenvalue weighted by atomic mass is 32.2. The molecule has 0 atom stereocenters. The predicted molar refractivity (Wildman–Crippen MR) is 105 cm³/mol. The zero-order chi connectivity index (χ0) is 19.2. The van der Waals surface area contributed by atoms with Gasteiger partial charge in [-0.25, -0.2) is 4.79 Å². The quantitative estimate of drug-likeness (QED) is 0.449. The first-order chi connectivity index (χ1) is 13.1. The number of nitrogens with zero attached hydrogens (tertiary/aromatic N) is 2. The Morgan fingerprint density at radius 3 is 2.56 bits per heavy atom. The SMILES string of the molecule is CN1/C(=C(\C#N)C(=O)COC(=O)/C=C/c2ccccc2)Sc2ccccc21. The summed E-state index contributed by atoms with van der Waals surface area (Å²) in [6, 6.07) is 18.9. The second-order valence-electron chi connectivity index (χ2n) is 5.70. The van der Waals surface area contributed by atoms with E-state index in [-0.39, 0.29) is 5.57 Å². The first kappa shape index (κ1) is 18.5. The lowest BCUT2D eigenvalue weighted by molar-refractivity contribution is -0.141. The third-order valence-corrected chi connectivity index (χ3v) is 5.14. The van der Waals surface area contributed by atoms with Crippen LogP contribution in [0.15, 0.2) is 76.2 Å². The van der Waals surface area contributed by atoms with Crippen molar-refractivity contribution in [3.63, 3.8) is 0 Å². The number of anilines is 1. The molecule has 2 aromatic carbocycles. The molecule has 27 heavy (non-hydrogen) atoms. The summed E-state index contributed by atoms with van der Waals surface area (Å²) in [6.45, 7) is -0.477. The summed E-state index contributed by atoms with van der Waals surface area (Å²) >= 11 is 1.35. The zero-order valence-electron chi connectivity index (χ0n) is 14.6. The van der Waals surface area contributed by atoms with Crippen LogP contribution in [0, 0.1) is 11.3 Å². The number of benzene rings is 2. The van der Waals surface area contributed by atoms with Crippen LogP contribution in [0.25, 0.3) is 6.08 Å². The van der Waals surface area contributed by atoms with E-state index >= 15 is 0 Å². The summed E-state index contributed by atoms with van der Waals surface area (Å²) in [5, 5.41) is 9.99. The molecular weight excluding hydrogens is 360 g/mol. The van der Waals surface area contributed by atoms with Crippen molar-refractivity contribution >= 4 is 35.3 Å². The molecule has 1 heterocycles. The van der Waals surface area contributed by atoms with E-state index in [1.807, 2.05) is 60.7 Å². The van der Waals surface area contributed by atoms with Crippen molar-refractivity contribution in [2.75, 3.05) is 18.6 Å². The molecule has 0 saturated heterocycles. The van der Waals surface area contributed by atoms with Gasteiger partial charge in [-0.05, 0) is 23.8 Å². The van der Waals surface area contributed by atoms with E-state index in [4.69, 9.17) is 4.74 Å². The van der Waals surface area contributed by atoms with Crippen LogP contribution in [0.1, 0.15) is 5.56 Å².